The fraction of sp³-hybridized carbons (Fsp3) is 0.100. The lowest BCUT2D eigenvalue weighted by atomic mass is 10.1. The van der Waals surface area contributed by atoms with E-state index in [1.165, 1.54) is 26.2 Å². The van der Waals surface area contributed by atoms with E-state index in [4.69, 9.17) is 4.74 Å². The molecule has 9 heteroatoms. The largest absolute Gasteiger partial charge is 0.495 e. The monoisotopic (exact) mass is 411 g/mol. The maximum atomic E-state index is 13.2. The van der Waals surface area contributed by atoms with Gasteiger partial charge in [0.15, 0.2) is 0 Å². The van der Waals surface area contributed by atoms with Crippen molar-refractivity contribution in [3.63, 3.8) is 0 Å². The number of methoxy groups -OCH3 is 1. The van der Waals surface area contributed by atoms with Crippen LogP contribution >= 0.6 is 0 Å². The first kappa shape index (κ1) is 18.8. The van der Waals surface area contributed by atoms with E-state index >= 15 is 0 Å². The Morgan fingerprint density at radius 1 is 1.10 bits per heavy atom. The molecule has 29 heavy (non-hydrogen) atoms. The minimum absolute atomic E-state index is 0.0292. The number of hydrogen-bond donors (Lipinski definition) is 3. The number of hydrogen-bond acceptors (Lipinski definition) is 5. The van der Waals surface area contributed by atoms with Crippen LogP contribution in [-0.2, 0) is 14.8 Å². The van der Waals surface area contributed by atoms with Gasteiger partial charge in [-0.25, -0.2) is 8.42 Å². The normalized spacial score (nSPS) is 12.6. The Kier molecular flexibility index (Phi) is 4.39. The van der Waals surface area contributed by atoms with Gasteiger partial charge in [-0.15, -0.1) is 0 Å². The summed E-state index contributed by atoms with van der Waals surface area (Å²) in [5, 5.41) is 6.34. The summed E-state index contributed by atoms with van der Waals surface area (Å²) < 4.78 is 34.1. The molecule has 4 rings (SSSR count). The van der Waals surface area contributed by atoms with Gasteiger partial charge in [0.1, 0.15) is 5.75 Å². The van der Waals surface area contributed by atoms with Gasteiger partial charge < -0.3 is 15.4 Å². The second-order valence-electron chi connectivity index (χ2n) is 6.50. The molecule has 1 aliphatic heterocycles. The quantitative estimate of drug-likeness (QED) is 0.597. The number of rotatable bonds is 5. The summed E-state index contributed by atoms with van der Waals surface area (Å²) in [4.78, 5) is 23.4. The fourth-order valence-corrected chi connectivity index (χ4v) is 4.63. The van der Waals surface area contributed by atoms with Crippen LogP contribution in [0.3, 0.4) is 0 Å². The van der Waals surface area contributed by atoms with Crippen molar-refractivity contribution in [1.29, 1.82) is 0 Å². The Morgan fingerprint density at radius 3 is 2.62 bits per heavy atom. The van der Waals surface area contributed by atoms with Gasteiger partial charge in [0.25, 0.3) is 15.9 Å². The van der Waals surface area contributed by atoms with Crippen molar-refractivity contribution in [3.05, 3.63) is 54.1 Å². The Hall–Kier alpha value is -3.59. The van der Waals surface area contributed by atoms with Gasteiger partial charge in [0, 0.05) is 34.6 Å². The summed E-state index contributed by atoms with van der Waals surface area (Å²) in [6.45, 7) is 1.36. The molecule has 0 saturated carbocycles. The van der Waals surface area contributed by atoms with Crippen molar-refractivity contribution in [3.8, 4) is 5.75 Å². The Bertz CT molecular complexity index is 1280. The molecule has 1 aliphatic rings. The molecule has 3 aromatic rings. The average Bonchev–Trinajstić information content (AvgIpc) is 2.99. The standard InChI is InChI=1S/C20H17N3O5S/c1-11(24)21-12-6-8-17(28-2)16(10-12)23-29(26,27)18-9-7-15-19-13(18)4-3-5-14(19)20(25)22-15/h3-10,23H,1-2H3,(H,21,24)(H,22,25). The molecule has 148 valence electrons. The van der Waals surface area contributed by atoms with Gasteiger partial charge in [0.05, 0.1) is 17.7 Å². The van der Waals surface area contributed by atoms with Crippen LogP contribution in [0.25, 0.3) is 10.8 Å². The van der Waals surface area contributed by atoms with Gasteiger partial charge in [-0.05, 0) is 36.4 Å². The number of anilines is 3. The number of amides is 2. The van der Waals surface area contributed by atoms with E-state index in [9.17, 15) is 18.0 Å². The second-order valence-corrected chi connectivity index (χ2v) is 8.15. The number of nitrogens with one attached hydrogen (secondary N) is 3. The maximum absolute atomic E-state index is 13.2. The fourth-order valence-electron chi connectivity index (χ4n) is 3.37. The third-order valence-corrected chi connectivity index (χ3v) is 5.97. The van der Waals surface area contributed by atoms with Crippen LogP contribution in [0.2, 0.25) is 0 Å². The van der Waals surface area contributed by atoms with Crippen molar-refractivity contribution < 1.29 is 22.7 Å². The highest BCUT2D eigenvalue weighted by Gasteiger charge is 2.26. The molecule has 0 spiro atoms. The zero-order valence-electron chi connectivity index (χ0n) is 15.6. The van der Waals surface area contributed by atoms with Gasteiger partial charge in [-0.3, -0.25) is 14.3 Å². The molecule has 3 N–H and O–H groups in total. The third-order valence-electron chi connectivity index (χ3n) is 4.55. The molecule has 0 saturated heterocycles. The second kappa shape index (κ2) is 6.78. The van der Waals surface area contributed by atoms with Crippen LogP contribution in [0.15, 0.2) is 53.4 Å². The molecule has 3 aromatic carbocycles. The van der Waals surface area contributed by atoms with E-state index in [1.54, 1.807) is 36.4 Å². The zero-order valence-corrected chi connectivity index (χ0v) is 16.4. The molecular weight excluding hydrogens is 394 g/mol. The van der Waals surface area contributed by atoms with Gasteiger partial charge >= 0.3 is 0 Å². The average molecular weight is 411 g/mol. The Balaban J connectivity index is 1.81. The first-order valence-corrected chi connectivity index (χ1v) is 10.1. The first-order chi connectivity index (χ1) is 13.8. The number of sulfonamides is 1. The van der Waals surface area contributed by atoms with Crippen molar-refractivity contribution in [2.45, 2.75) is 11.8 Å². The molecule has 0 unspecified atom stereocenters. The number of benzene rings is 3. The van der Waals surface area contributed by atoms with Crippen LogP contribution in [0.4, 0.5) is 17.1 Å². The van der Waals surface area contributed by atoms with Gasteiger partial charge in [0.2, 0.25) is 5.91 Å². The summed E-state index contributed by atoms with van der Waals surface area (Å²) in [5.74, 6) is -0.253. The van der Waals surface area contributed by atoms with Crippen molar-refractivity contribution in [2.75, 3.05) is 22.5 Å². The summed E-state index contributed by atoms with van der Waals surface area (Å²) >= 11 is 0. The van der Waals surface area contributed by atoms with Crippen LogP contribution in [0, 0.1) is 0 Å². The highest BCUT2D eigenvalue weighted by Crippen LogP contribution is 2.38. The molecule has 0 aliphatic carbocycles. The van der Waals surface area contributed by atoms with Gasteiger partial charge in [-0.1, -0.05) is 12.1 Å². The van der Waals surface area contributed by atoms with Crippen molar-refractivity contribution in [1.82, 2.24) is 0 Å². The Morgan fingerprint density at radius 2 is 1.90 bits per heavy atom. The number of carbonyl (C=O) groups is 2. The molecule has 1 heterocycles. The lowest BCUT2D eigenvalue weighted by Gasteiger charge is -2.15. The predicted molar refractivity (Wildman–Crippen MR) is 110 cm³/mol. The highest BCUT2D eigenvalue weighted by molar-refractivity contribution is 7.93. The molecule has 0 atom stereocenters. The Labute approximate surface area is 166 Å². The van der Waals surface area contributed by atoms with Crippen LogP contribution in [-0.4, -0.2) is 27.3 Å². The number of carbonyl (C=O) groups excluding carboxylic acids is 2. The molecule has 0 fully saturated rings. The SMILES string of the molecule is COc1ccc(NC(C)=O)cc1NS(=O)(=O)c1ccc2c3c(cccc13)C(=O)N2. The smallest absolute Gasteiger partial charge is 0.262 e. The van der Waals surface area contributed by atoms with E-state index in [0.29, 0.717) is 33.5 Å². The molecule has 0 radical (unpaired) electrons. The number of ether oxygens (including phenoxy) is 1. The summed E-state index contributed by atoms with van der Waals surface area (Å²) in [5.41, 5.74) is 1.60. The summed E-state index contributed by atoms with van der Waals surface area (Å²) in [6.07, 6.45) is 0. The van der Waals surface area contributed by atoms with E-state index < -0.39 is 10.0 Å². The molecule has 0 aromatic heterocycles. The predicted octanol–water partition coefficient (Wildman–Crippen LogP) is 3.17. The van der Waals surface area contributed by atoms with Crippen molar-refractivity contribution in [2.24, 2.45) is 0 Å². The van der Waals surface area contributed by atoms with Crippen molar-refractivity contribution >= 4 is 49.7 Å². The van der Waals surface area contributed by atoms with E-state index in [0.717, 1.165) is 0 Å². The van der Waals surface area contributed by atoms with Crippen LogP contribution in [0.1, 0.15) is 17.3 Å². The summed E-state index contributed by atoms with van der Waals surface area (Å²) in [6, 6.07) is 12.6. The van der Waals surface area contributed by atoms with E-state index in [1.807, 2.05) is 0 Å². The zero-order chi connectivity index (χ0) is 20.8. The topological polar surface area (TPSA) is 114 Å². The first-order valence-electron chi connectivity index (χ1n) is 8.65. The van der Waals surface area contributed by atoms with Gasteiger partial charge in [-0.2, -0.15) is 0 Å². The summed E-state index contributed by atoms with van der Waals surface area (Å²) in [7, 11) is -2.60. The minimum atomic E-state index is -4.02. The molecule has 2 amide bonds. The minimum Gasteiger partial charge on any atom is -0.495 e. The highest BCUT2D eigenvalue weighted by atomic mass is 32.2. The molecule has 8 nitrogen and oxygen atoms in total. The lowest BCUT2D eigenvalue weighted by molar-refractivity contribution is -0.114. The van der Waals surface area contributed by atoms with Crippen LogP contribution < -0.4 is 20.1 Å². The molecular formula is C20H17N3O5S. The van der Waals surface area contributed by atoms with E-state index in [2.05, 4.69) is 15.4 Å². The van der Waals surface area contributed by atoms with E-state index in [-0.39, 0.29) is 22.4 Å². The third kappa shape index (κ3) is 3.25. The van der Waals surface area contributed by atoms with Crippen LogP contribution in [0.5, 0.6) is 5.75 Å². The lowest BCUT2D eigenvalue weighted by Crippen LogP contribution is -2.15. The molecule has 0 bridgehead atoms. The maximum Gasteiger partial charge on any atom is 0.262 e.